The summed E-state index contributed by atoms with van der Waals surface area (Å²) in [6.45, 7) is 0.274. The van der Waals surface area contributed by atoms with Crippen LogP contribution in [0.4, 0.5) is 0 Å². The lowest BCUT2D eigenvalue weighted by Crippen LogP contribution is -2.22. The minimum atomic E-state index is -0.341. The smallest absolute Gasteiger partial charge is 0.314 e. The number of hydrogen-bond donors (Lipinski definition) is 1. The van der Waals surface area contributed by atoms with Gasteiger partial charge in [-0.15, -0.1) is 12.4 Å². The van der Waals surface area contributed by atoms with Crippen molar-refractivity contribution in [3.8, 4) is 0 Å². The molecule has 0 spiro atoms. The topological polar surface area (TPSA) is 52.3 Å². The first kappa shape index (κ1) is 12.9. The Bertz CT molecular complexity index is 277. The minimum Gasteiger partial charge on any atom is -0.469 e. The number of rotatable bonds is 3. The van der Waals surface area contributed by atoms with Crippen molar-refractivity contribution >= 4 is 18.4 Å². The number of benzene rings is 1. The summed E-state index contributed by atoms with van der Waals surface area (Å²) in [5.74, 6) is -0.625. The van der Waals surface area contributed by atoms with Crippen molar-refractivity contribution < 1.29 is 9.53 Å². The molecule has 78 valence electrons. The van der Waals surface area contributed by atoms with Gasteiger partial charge in [-0.05, 0) is 5.56 Å². The number of methoxy groups -OCH3 is 1. The number of carbonyl (C=O) groups excluding carboxylic acids is 1. The van der Waals surface area contributed by atoms with Crippen LogP contribution in [0.3, 0.4) is 0 Å². The normalized spacial score (nSPS) is 11.3. The predicted octanol–water partition coefficient (Wildman–Crippen LogP) is 1.32. The summed E-state index contributed by atoms with van der Waals surface area (Å²) >= 11 is 0. The summed E-state index contributed by atoms with van der Waals surface area (Å²) < 4.78 is 4.64. The van der Waals surface area contributed by atoms with Crippen LogP contribution >= 0.6 is 12.4 Å². The summed E-state index contributed by atoms with van der Waals surface area (Å²) in [5.41, 5.74) is 6.38. The highest BCUT2D eigenvalue weighted by Gasteiger charge is 2.18. The molecule has 0 aliphatic carbocycles. The maximum absolute atomic E-state index is 11.2. The fourth-order valence-corrected chi connectivity index (χ4v) is 1.20. The predicted molar refractivity (Wildman–Crippen MR) is 57.5 cm³/mol. The van der Waals surface area contributed by atoms with E-state index in [-0.39, 0.29) is 30.8 Å². The van der Waals surface area contributed by atoms with Gasteiger partial charge in [0.05, 0.1) is 13.0 Å². The maximum Gasteiger partial charge on any atom is 0.314 e. The molecule has 0 saturated carbocycles. The Morgan fingerprint density at radius 1 is 1.43 bits per heavy atom. The zero-order chi connectivity index (χ0) is 9.68. The second-order valence-corrected chi connectivity index (χ2v) is 2.72. The Balaban J connectivity index is 0.00000169. The molecular weight excluding hydrogens is 202 g/mol. The van der Waals surface area contributed by atoms with Crippen molar-refractivity contribution in [1.82, 2.24) is 0 Å². The highest BCUT2D eigenvalue weighted by molar-refractivity contribution is 5.85. The van der Waals surface area contributed by atoms with Crippen molar-refractivity contribution in [3.05, 3.63) is 35.9 Å². The Labute approximate surface area is 89.7 Å². The van der Waals surface area contributed by atoms with E-state index < -0.39 is 0 Å². The fourth-order valence-electron chi connectivity index (χ4n) is 1.20. The van der Waals surface area contributed by atoms with Gasteiger partial charge in [-0.1, -0.05) is 30.3 Å². The molecule has 0 aromatic heterocycles. The quantitative estimate of drug-likeness (QED) is 0.774. The average Bonchev–Trinajstić information content (AvgIpc) is 2.20. The first-order valence-corrected chi connectivity index (χ1v) is 4.12. The molecular formula is C10H14ClNO2. The number of nitrogens with two attached hydrogens (primary N) is 1. The second kappa shape index (κ2) is 6.40. The highest BCUT2D eigenvalue weighted by Crippen LogP contribution is 2.14. The first-order chi connectivity index (χ1) is 6.29. The molecule has 0 aliphatic heterocycles. The van der Waals surface area contributed by atoms with E-state index in [1.54, 1.807) is 0 Å². The highest BCUT2D eigenvalue weighted by atomic mass is 35.5. The standard InChI is InChI=1S/C10H13NO2.ClH/c1-13-10(12)9(7-11)8-5-3-2-4-6-8;/h2-6,9H,7,11H2,1H3;1H/t9-;/m0./s1. The van der Waals surface area contributed by atoms with Gasteiger partial charge in [0.1, 0.15) is 0 Å². The average molecular weight is 216 g/mol. The van der Waals surface area contributed by atoms with Gasteiger partial charge < -0.3 is 10.5 Å². The molecule has 0 unspecified atom stereocenters. The lowest BCUT2D eigenvalue weighted by Gasteiger charge is -2.11. The molecule has 1 aromatic carbocycles. The van der Waals surface area contributed by atoms with E-state index in [4.69, 9.17) is 5.73 Å². The zero-order valence-corrected chi connectivity index (χ0v) is 8.79. The van der Waals surface area contributed by atoms with E-state index >= 15 is 0 Å². The molecule has 4 heteroatoms. The molecule has 0 amide bonds. The lowest BCUT2D eigenvalue weighted by atomic mass is 10.00. The molecule has 3 nitrogen and oxygen atoms in total. The Hall–Kier alpha value is -1.06. The summed E-state index contributed by atoms with van der Waals surface area (Å²) in [5, 5.41) is 0. The molecule has 0 radical (unpaired) electrons. The third-order valence-corrected chi connectivity index (χ3v) is 1.92. The molecule has 0 bridgehead atoms. The van der Waals surface area contributed by atoms with Crippen LogP contribution in [-0.2, 0) is 9.53 Å². The van der Waals surface area contributed by atoms with Crippen molar-refractivity contribution in [2.24, 2.45) is 5.73 Å². The van der Waals surface area contributed by atoms with Gasteiger partial charge in [-0.3, -0.25) is 4.79 Å². The van der Waals surface area contributed by atoms with Crippen LogP contribution in [0.1, 0.15) is 11.5 Å². The Kier molecular flexibility index (Phi) is 5.92. The molecule has 1 aromatic rings. The lowest BCUT2D eigenvalue weighted by molar-refractivity contribution is -0.142. The first-order valence-electron chi connectivity index (χ1n) is 4.12. The van der Waals surface area contributed by atoms with Crippen LogP contribution in [-0.4, -0.2) is 19.6 Å². The third-order valence-electron chi connectivity index (χ3n) is 1.92. The van der Waals surface area contributed by atoms with E-state index in [1.165, 1.54) is 7.11 Å². The number of esters is 1. The van der Waals surface area contributed by atoms with Crippen LogP contribution < -0.4 is 5.73 Å². The van der Waals surface area contributed by atoms with Gasteiger partial charge in [0.25, 0.3) is 0 Å². The molecule has 0 heterocycles. The van der Waals surface area contributed by atoms with Gasteiger partial charge >= 0.3 is 5.97 Å². The van der Waals surface area contributed by atoms with Gasteiger partial charge in [0.15, 0.2) is 0 Å². The summed E-state index contributed by atoms with van der Waals surface area (Å²) in [7, 11) is 1.37. The SMILES string of the molecule is COC(=O)[C@@H](CN)c1ccccc1.Cl. The number of halogens is 1. The number of hydrogen-bond acceptors (Lipinski definition) is 3. The Morgan fingerprint density at radius 3 is 2.43 bits per heavy atom. The maximum atomic E-state index is 11.2. The van der Waals surface area contributed by atoms with Crippen molar-refractivity contribution in [2.45, 2.75) is 5.92 Å². The number of carbonyl (C=O) groups is 1. The van der Waals surface area contributed by atoms with Crippen LogP contribution in [0, 0.1) is 0 Å². The minimum absolute atomic E-state index is 0. The molecule has 14 heavy (non-hydrogen) atoms. The van der Waals surface area contributed by atoms with Gasteiger partial charge in [-0.2, -0.15) is 0 Å². The molecule has 1 rings (SSSR count). The van der Waals surface area contributed by atoms with Gasteiger partial charge in [0.2, 0.25) is 0 Å². The fraction of sp³-hybridized carbons (Fsp3) is 0.300. The molecule has 0 aliphatic rings. The van der Waals surface area contributed by atoms with E-state index in [9.17, 15) is 4.79 Å². The summed E-state index contributed by atoms with van der Waals surface area (Å²) in [4.78, 5) is 11.2. The third kappa shape index (κ3) is 3.01. The van der Waals surface area contributed by atoms with Crippen molar-refractivity contribution in [3.63, 3.8) is 0 Å². The van der Waals surface area contributed by atoms with E-state index in [2.05, 4.69) is 4.74 Å². The van der Waals surface area contributed by atoms with Crippen LogP contribution in [0.25, 0.3) is 0 Å². The van der Waals surface area contributed by atoms with E-state index in [1.807, 2.05) is 30.3 Å². The van der Waals surface area contributed by atoms with Crippen LogP contribution in [0.15, 0.2) is 30.3 Å². The largest absolute Gasteiger partial charge is 0.469 e. The van der Waals surface area contributed by atoms with Gasteiger partial charge in [0, 0.05) is 6.54 Å². The van der Waals surface area contributed by atoms with Crippen LogP contribution in [0.5, 0.6) is 0 Å². The summed E-state index contributed by atoms with van der Waals surface area (Å²) in [6.07, 6.45) is 0. The second-order valence-electron chi connectivity index (χ2n) is 2.72. The molecule has 0 saturated heterocycles. The monoisotopic (exact) mass is 215 g/mol. The van der Waals surface area contributed by atoms with E-state index in [0.29, 0.717) is 0 Å². The van der Waals surface area contributed by atoms with Gasteiger partial charge in [-0.25, -0.2) is 0 Å². The number of ether oxygens (including phenoxy) is 1. The van der Waals surface area contributed by atoms with E-state index in [0.717, 1.165) is 5.56 Å². The summed E-state index contributed by atoms with van der Waals surface area (Å²) in [6, 6.07) is 9.39. The Morgan fingerprint density at radius 2 is 2.00 bits per heavy atom. The van der Waals surface area contributed by atoms with Crippen LogP contribution in [0.2, 0.25) is 0 Å². The van der Waals surface area contributed by atoms with Crippen molar-refractivity contribution in [2.75, 3.05) is 13.7 Å². The molecule has 1 atom stereocenters. The molecule has 0 fully saturated rings. The zero-order valence-electron chi connectivity index (χ0n) is 7.97. The van der Waals surface area contributed by atoms with Crippen molar-refractivity contribution in [1.29, 1.82) is 0 Å². The molecule has 2 N–H and O–H groups in total.